The van der Waals surface area contributed by atoms with Crippen LogP contribution in [0.15, 0.2) is 0 Å². The highest BCUT2D eigenvalue weighted by Gasteiger charge is 2.32. The van der Waals surface area contributed by atoms with Crippen molar-refractivity contribution >= 4 is 21.7 Å². The molecule has 2 atom stereocenters. The summed E-state index contributed by atoms with van der Waals surface area (Å²) in [5.41, 5.74) is 0. The van der Waals surface area contributed by atoms with Crippen molar-refractivity contribution < 1.29 is 18.0 Å². The first-order valence-electron chi connectivity index (χ1n) is 6.03. The van der Waals surface area contributed by atoms with Gasteiger partial charge in [0.15, 0.2) is 9.84 Å². The quantitative estimate of drug-likeness (QED) is 0.687. The van der Waals surface area contributed by atoms with E-state index < -0.39 is 15.9 Å². The van der Waals surface area contributed by atoms with Gasteiger partial charge in [0, 0.05) is 25.3 Å². The van der Waals surface area contributed by atoms with E-state index in [4.69, 9.17) is 0 Å². The lowest BCUT2D eigenvalue weighted by molar-refractivity contribution is -0.148. The molecule has 1 heterocycles. The Morgan fingerprint density at radius 1 is 1.44 bits per heavy atom. The fraction of sp³-hybridized carbons (Fsp3) is 0.818. The molecule has 0 saturated carbocycles. The van der Waals surface area contributed by atoms with Gasteiger partial charge in [0.1, 0.15) is 0 Å². The molecule has 1 rings (SSSR count). The number of hydrogen-bond acceptors (Lipinski definition) is 5. The van der Waals surface area contributed by atoms with Gasteiger partial charge in [-0.15, -0.1) is 0 Å². The van der Waals surface area contributed by atoms with Crippen LogP contribution in [-0.4, -0.2) is 55.8 Å². The van der Waals surface area contributed by atoms with Crippen LogP contribution in [0.25, 0.3) is 0 Å². The van der Waals surface area contributed by atoms with Gasteiger partial charge in [-0.1, -0.05) is 6.92 Å². The Kier molecular flexibility index (Phi) is 4.86. The molecule has 2 amide bonds. The highest BCUT2D eigenvalue weighted by molar-refractivity contribution is 7.91. The largest absolute Gasteiger partial charge is 0.302 e. The van der Waals surface area contributed by atoms with Gasteiger partial charge in [-0.05, 0) is 13.3 Å². The number of rotatable bonds is 5. The SMILES string of the molecule is CCS(=O)(=O)CC(C)NC1CCC(=O)N(C)C1=O. The van der Waals surface area contributed by atoms with Crippen molar-refractivity contribution in [1.82, 2.24) is 10.2 Å². The van der Waals surface area contributed by atoms with E-state index in [1.54, 1.807) is 13.8 Å². The lowest BCUT2D eigenvalue weighted by Gasteiger charge is -2.30. The average Bonchev–Trinajstić information content (AvgIpc) is 2.29. The molecule has 1 aliphatic rings. The van der Waals surface area contributed by atoms with Crippen LogP contribution < -0.4 is 5.32 Å². The van der Waals surface area contributed by atoms with E-state index >= 15 is 0 Å². The summed E-state index contributed by atoms with van der Waals surface area (Å²) in [5.74, 6) is -0.375. The third kappa shape index (κ3) is 3.78. The van der Waals surface area contributed by atoms with Crippen LogP contribution in [0.4, 0.5) is 0 Å². The van der Waals surface area contributed by atoms with E-state index in [1.165, 1.54) is 7.05 Å². The third-order valence-electron chi connectivity index (χ3n) is 3.08. The molecule has 0 radical (unpaired) electrons. The zero-order valence-electron chi connectivity index (χ0n) is 11.0. The first-order valence-corrected chi connectivity index (χ1v) is 7.86. The van der Waals surface area contributed by atoms with Gasteiger partial charge < -0.3 is 5.32 Å². The van der Waals surface area contributed by atoms with E-state index in [9.17, 15) is 18.0 Å². The van der Waals surface area contributed by atoms with Crippen molar-refractivity contribution in [1.29, 1.82) is 0 Å². The predicted molar refractivity (Wildman–Crippen MR) is 67.7 cm³/mol. The van der Waals surface area contributed by atoms with Gasteiger partial charge in [-0.3, -0.25) is 14.5 Å². The molecule has 0 spiro atoms. The number of hydrogen-bond donors (Lipinski definition) is 1. The first kappa shape index (κ1) is 15.1. The first-order chi connectivity index (χ1) is 8.26. The molecule has 1 N–H and O–H groups in total. The zero-order chi connectivity index (χ0) is 13.9. The van der Waals surface area contributed by atoms with Crippen molar-refractivity contribution in [3.05, 3.63) is 0 Å². The topological polar surface area (TPSA) is 83.6 Å². The summed E-state index contributed by atoms with van der Waals surface area (Å²) in [6.45, 7) is 3.33. The molecule has 0 aromatic rings. The van der Waals surface area contributed by atoms with Crippen molar-refractivity contribution in [3.63, 3.8) is 0 Å². The summed E-state index contributed by atoms with van der Waals surface area (Å²) in [7, 11) is -1.62. The number of likely N-dealkylation sites (N-methyl/N-ethyl adjacent to an activating group) is 1. The Morgan fingerprint density at radius 3 is 2.61 bits per heavy atom. The van der Waals surface area contributed by atoms with Crippen LogP contribution in [0, 0.1) is 0 Å². The molecule has 1 fully saturated rings. The molecular weight excluding hydrogens is 256 g/mol. The zero-order valence-corrected chi connectivity index (χ0v) is 11.8. The molecule has 1 aliphatic heterocycles. The van der Waals surface area contributed by atoms with Crippen LogP contribution in [0.5, 0.6) is 0 Å². The Hall–Kier alpha value is -0.950. The van der Waals surface area contributed by atoms with Crippen LogP contribution in [0.1, 0.15) is 26.7 Å². The van der Waals surface area contributed by atoms with Gasteiger partial charge in [0.25, 0.3) is 0 Å². The van der Waals surface area contributed by atoms with E-state index in [-0.39, 0.29) is 29.4 Å². The molecule has 0 bridgehead atoms. The lowest BCUT2D eigenvalue weighted by atomic mass is 10.0. The van der Waals surface area contributed by atoms with E-state index in [1.807, 2.05) is 0 Å². The molecule has 0 aromatic heterocycles. The maximum Gasteiger partial charge on any atom is 0.246 e. The van der Waals surface area contributed by atoms with Crippen LogP contribution in [-0.2, 0) is 19.4 Å². The summed E-state index contributed by atoms with van der Waals surface area (Å²) in [6.07, 6.45) is 0.742. The van der Waals surface area contributed by atoms with Gasteiger partial charge in [-0.25, -0.2) is 8.42 Å². The van der Waals surface area contributed by atoms with Crippen LogP contribution in [0.2, 0.25) is 0 Å². The second-order valence-corrected chi connectivity index (χ2v) is 7.05. The van der Waals surface area contributed by atoms with E-state index in [0.29, 0.717) is 12.8 Å². The summed E-state index contributed by atoms with van der Waals surface area (Å²) in [6, 6.07) is -0.764. The second kappa shape index (κ2) is 5.79. The summed E-state index contributed by atoms with van der Waals surface area (Å²) < 4.78 is 22.9. The minimum atomic E-state index is -3.07. The molecule has 0 aliphatic carbocycles. The monoisotopic (exact) mass is 276 g/mol. The minimum absolute atomic E-state index is 0.00490. The van der Waals surface area contributed by atoms with Gasteiger partial charge in [-0.2, -0.15) is 0 Å². The molecule has 0 aromatic carbocycles. The molecule has 7 heteroatoms. The Balaban J connectivity index is 2.58. The third-order valence-corrected chi connectivity index (χ3v) is 4.97. The van der Waals surface area contributed by atoms with Crippen LogP contribution in [0.3, 0.4) is 0 Å². The number of amides is 2. The number of carbonyl (C=O) groups excluding carboxylic acids is 2. The fourth-order valence-electron chi connectivity index (χ4n) is 1.96. The van der Waals surface area contributed by atoms with Gasteiger partial charge in [0.05, 0.1) is 11.8 Å². The number of carbonyl (C=O) groups is 2. The second-order valence-electron chi connectivity index (χ2n) is 4.65. The van der Waals surface area contributed by atoms with Crippen molar-refractivity contribution in [2.45, 2.75) is 38.8 Å². The maximum atomic E-state index is 11.8. The number of likely N-dealkylation sites (tertiary alicyclic amines) is 1. The van der Waals surface area contributed by atoms with E-state index in [2.05, 4.69) is 5.32 Å². The van der Waals surface area contributed by atoms with E-state index in [0.717, 1.165) is 4.90 Å². The fourth-order valence-corrected chi connectivity index (χ4v) is 3.05. The smallest absolute Gasteiger partial charge is 0.246 e. The lowest BCUT2D eigenvalue weighted by Crippen LogP contribution is -2.54. The van der Waals surface area contributed by atoms with Crippen molar-refractivity contribution in [2.75, 3.05) is 18.6 Å². The molecule has 104 valence electrons. The summed E-state index contributed by atoms with van der Waals surface area (Å²) >= 11 is 0. The number of piperidine rings is 1. The number of nitrogens with one attached hydrogen (secondary N) is 1. The molecule has 6 nitrogen and oxygen atoms in total. The molecule has 18 heavy (non-hydrogen) atoms. The minimum Gasteiger partial charge on any atom is -0.302 e. The average molecular weight is 276 g/mol. The maximum absolute atomic E-state index is 11.8. The molecular formula is C11H20N2O4S. The molecule has 2 unspecified atom stereocenters. The van der Waals surface area contributed by atoms with Gasteiger partial charge in [0.2, 0.25) is 11.8 Å². The predicted octanol–water partition coefficient (Wildman–Crippen LogP) is -0.453. The Labute approximate surface area is 108 Å². The number of imide groups is 1. The summed E-state index contributed by atoms with van der Waals surface area (Å²) in [5, 5.41) is 2.99. The van der Waals surface area contributed by atoms with Crippen LogP contribution >= 0.6 is 0 Å². The number of nitrogens with zero attached hydrogens (tertiary/aromatic N) is 1. The van der Waals surface area contributed by atoms with Gasteiger partial charge >= 0.3 is 0 Å². The normalized spacial score (nSPS) is 23.3. The summed E-state index contributed by atoms with van der Waals surface area (Å²) in [4.78, 5) is 24.2. The highest BCUT2D eigenvalue weighted by atomic mass is 32.2. The molecule has 1 saturated heterocycles. The Bertz CT molecular complexity index is 432. The van der Waals surface area contributed by atoms with Crippen molar-refractivity contribution in [2.24, 2.45) is 0 Å². The highest BCUT2D eigenvalue weighted by Crippen LogP contribution is 2.12. The van der Waals surface area contributed by atoms with Crippen molar-refractivity contribution in [3.8, 4) is 0 Å². The standard InChI is InChI=1S/C11H20N2O4S/c1-4-18(16,17)7-8(2)12-9-5-6-10(14)13(3)11(9)15/h8-9,12H,4-7H2,1-3H3. The number of sulfone groups is 1. The Morgan fingerprint density at radius 2 is 2.06 bits per heavy atom.